The van der Waals surface area contributed by atoms with Gasteiger partial charge in [-0.05, 0) is 161 Å². The third kappa shape index (κ3) is 75.4. The van der Waals surface area contributed by atoms with Gasteiger partial charge >= 0.3 is 21.6 Å². The zero-order chi connectivity index (χ0) is 71.3. The molecule has 0 amide bonds. The number of carbonyl (C=O) groups excluding carboxylic acids is 4. The van der Waals surface area contributed by atoms with Gasteiger partial charge in [-0.2, -0.15) is 0 Å². The van der Waals surface area contributed by atoms with Crippen LogP contribution in [0.2, 0.25) is 0 Å². The van der Waals surface area contributed by atoms with Crippen LogP contribution in [0.3, 0.4) is 0 Å². The predicted octanol–water partition coefficient (Wildman–Crippen LogP) is 21.2. The van der Waals surface area contributed by atoms with Crippen LogP contribution in [-0.2, 0) is 65.4 Å². The van der Waals surface area contributed by atoms with Crippen molar-refractivity contribution in [3.8, 4) is 0 Å². The lowest BCUT2D eigenvalue weighted by molar-refractivity contribution is -0.149. The molecule has 5 atom stereocenters. The molecular formula is C79H140O17P2. The number of allylic oxidation sites excluding steroid dienone is 14. The number of ether oxygens (including phenoxy) is 4. The Kier molecular flexibility index (Phi) is 73.8. The van der Waals surface area contributed by atoms with E-state index in [4.69, 9.17) is 37.0 Å². The Morgan fingerprint density at radius 1 is 0.327 bits per heavy atom. The molecule has 0 aromatic heterocycles. The van der Waals surface area contributed by atoms with Crippen molar-refractivity contribution >= 4 is 40.5 Å². The van der Waals surface area contributed by atoms with Gasteiger partial charge in [-0.15, -0.1) is 0 Å². The summed E-state index contributed by atoms with van der Waals surface area (Å²) >= 11 is 0. The van der Waals surface area contributed by atoms with Gasteiger partial charge in [0.15, 0.2) is 0 Å². The van der Waals surface area contributed by atoms with E-state index in [1.54, 1.807) is 0 Å². The topological polar surface area (TPSA) is 237 Å². The van der Waals surface area contributed by atoms with Gasteiger partial charge in [-0.1, -0.05) is 214 Å². The first-order chi connectivity index (χ1) is 48.0. The van der Waals surface area contributed by atoms with E-state index in [9.17, 15) is 43.2 Å². The highest BCUT2D eigenvalue weighted by Crippen LogP contribution is 2.45. The van der Waals surface area contributed by atoms with Crippen LogP contribution in [0.15, 0.2) is 85.1 Å². The number of aliphatic hydroxyl groups is 1. The highest BCUT2D eigenvalue weighted by Gasteiger charge is 2.29. The molecule has 0 heterocycles. The second kappa shape index (κ2) is 76.4. The SMILES string of the molecule is CCCCC/C=C\C/C=C\C/C=C\C/C=C\CCCC(=O)OC[C@H](COP(=O)(O)OC[C@@H](O)COP(=O)(O)OC[C@@H](COCCCCCCC/C=C\CCCCCCC=O)OCCCCCCC/C=C\CCCCCCC=O)OCCCCCCCCC/C=C\CCCCCCC=O. The van der Waals surface area contributed by atoms with Gasteiger partial charge in [-0.3, -0.25) is 22.9 Å². The Morgan fingerprint density at radius 2 is 0.602 bits per heavy atom. The molecule has 0 saturated heterocycles. The molecule has 2 unspecified atom stereocenters. The largest absolute Gasteiger partial charge is 0.472 e. The van der Waals surface area contributed by atoms with E-state index in [1.165, 1.54) is 38.5 Å². The summed E-state index contributed by atoms with van der Waals surface area (Å²) < 4.78 is 70.5. The summed E-state index contributed by atoms with van der Waals surface area (Å²) in [4.78, 5) is 65.5. The normalized spacial score (nSPS) is 14.5. The molecule has 0 aromatic carbocycles. The van der Waals surface area contributed by atoms with Crippen molar-refractivity contribution < 1.29 is 80.2 Å². The first-order valence-electron chi connectivity index (χ1n) is 38.7. The zero-order valence-corrected chi connectivity index (χ0v) is 63.1. The van der Waals surface area contributed by atoms with Crippen LogP contribution in [-0.4, -0.2) is 117 Å². The summed E-state index contributed by atoms with van der Waals surface area (Å²) in [6.07, 6.45) is 79.0. The smallest absolute Gasteiger partial charge is 0.463 e. The second-order valence-corrected chi connectivity index (χ2v) is 28.7. The Labute approximate surface area is 595 Å². The number of hydrogen-bond donors (Lipinski definition) is 3. The molecule has 0 bridgehead atoms. The number of phosphoric ester groups is 2. The van der Waals surface area contributed by atoms with Crippen molar-refractivity contribution in [2.24, 2.45) is 0 Å². The van der Waals surface area contributed by atoms with E-state index >= 15 is 0 Å². The van der Waals surface area contributed by atoms with Crippen LogP contribution in [0.5, 0.6) is 0 Å². The first kappa shape index (κ1) is 94.7. The minimum atomic E-state index is -4.81. The van der Waals surface area contributed by atoms with Crippen molar-refractivity contribution in [2.45, 2.75) is 333 Å². The molecule has 0 aromatic rings. The number of hydrogen-bond acceptors (Lipinski definition) is 15. The predicted molar refractivity (Wildman–Crippen MR) is 400 cm³/mol. The van der Waals surface area contributed by atoms with Crippen LogP contribution in [0.1, 0.15) is 315 Å². The highest BCUT2D eigenvalue weighted by atomic mass is 31.2. The molecule has 0 aliphatic heterocycles. The molecule has 3 N–H and O–H groups in total. The van der Waals surface area contributed by atoms with E-state index in [0.717, 1.165) is 250 Å². The van der Waals surface area contributed by atoms with Crippen molar-refractivity contribution in [1.29, 1.82) is 0 Å². The van der Waals surface area contributed by atoms with Crippen LogP contribution in [0.25, 0.3) is 0 Å². The van der Waals surface area contributed by atoms with E-state index in [1.807, 2.05) is 0 Å². The second-order valence-electron chi connectivity index (χ2n) is 25.8. The van der Waals surface area contributed by atoms with Crippen LogP contribution < -0.4 is 0 Å². The van der Waals surface area contributed by atoms with Gasteiger partial charge in [0.2, 0.25) is 0 Å². The van der Waals surface area contributed by atoms with Gasteiger partial charge in [0.05, 0.1) is 33.0 Å². The van der Waals surface area contributed by atoms with Gasteiger partial charge in [-0.25, -0.2) is 9.13 Å². The highest BCUT2D eigenvalue weighted by molar-refractivity contribution is 7.47. The summed E-state index contributed by atoms with van der Waals surface area (Å²) in [5, 5.41) is 10.6. The molecule has 0 radical (unpaired) electrons. The molecule has 0 aliphatic rings. The number of esters is 1. The maximum absolute atomic E-state index is 13.1. The molecule has 0 fully saturated rings. The number of rotatable bonds is 79. The maximum Gasteiger partial charge on any atom is 0.472 e. The van der Waals surface area contributed by atoms with Crippen molar-refractivity contribution in [2.75, 3.05) is 59.5 Å². The lowest BCUT2D eigenvalue weighted by Crippen LogP contribution is -2.28. The van der Waals surface area contributed by atoms with Gasteiger partial charge in [0.25, 0.3) is 0 Å². The number of aldehydes is 3. The van der Waals surface area contributed by atoms with Crippen molar-refractivity contribution in [1.82, 2.24) is 0 Å². The van der Waals surface area contributed by atoms with Gasteiger partial charge in [0.1, 0.15) is 43.8 Å². The number of carbonyl (C=O) groups is 4. The van der Waals surface area contributed by atoms with E-state index < -0.39 is 59.7 Å². The minimum absolute atomic E-state index is 0.143. The summed E-state index contributed by atoms with van der Waals surface area (Å²) in [6.45, 7) is 1.08. The van der Waals surface area contributed by atoms with E-state index in [0.29, 0.717) is 51.9 Å². The maximum atomic E-state index is 13.1. The Bertz CT molecular complexity index is 2090. The monoisotopic (exact) mass is 1420 g/mol. The lowest BCUT2D eigenvalue weighted by atomic mass is 10.1. The Hall–Kier alpha value is -3.28. The van der Waals surface area contributed by atoms with Gasteiger partial charge < -0.3 is 48.2 Å². The number of phosphoric acid groups is 2. The quantitative estimate of drug-likeness (QED) is 0.0169. The molecule has 0 spiro atoms. The van der Waals surface area contributed by atoms with Crippen molar-refractivity contribution in [3.63, 3.8) is 0 Å². The van der Waals surface area contributed by atoms with Crippen LogP contribution in [0, 0.1) is 0 Å². The number of aliphatic hydroxyl groups excluding tert-OH is 1. The standard InChI is InChI=1S/C79H140O17P2/c1-2-3-4-5-6-7-8-9-10-11-14-21-28-35-42-49-56-63-79(84)92-73-78(91-69-62-55-48-41-34-26-18-13-12-15-22-29-36-43-50-57-64-80)75-96-98(87,88)94-71-76(83)70-93-97(85,86)95-74-77(90-68-61-54-47-40-33-27-20-17-24-31-38-45-52-59-66-82)72-89-67-60-53-46-39-32-25-19-16-23-30-37-44-51-58-65-81/h6-7,9-10,12,14-17,19-21,35,42,64-66,76-78,83H,2-5,8,11,13,18,22-34,36-41,43-63,67-75H2,1H3,(H,85,86)(H,87,88)/b7-6-,10-9-,15-12-,19-16-,20-17-,21-14-,42-35-/t76-,77+,78+/m0/s1. The third-order valence-electron chi connectivity index (χ3n) is 16.4. The third-order valence-corrected chi connectivity index (χ3v) is 18.3. The van der Waals surface area contributed by atoms with Crippen LogP contribution in [0.4, 0.5) is 0 Å². The minimum Gasteiger partial charge on any atom is -0.463 e. The fraction of sp³-hybridized carbons (Fsp3) is 0.772. The number of unbranched alkanes of at least 4 members (excludes halogenated alkanes) is 36. The lowest BCUT2D eigenvalue weighted by Gasteiger charge is -2.21. The van der Waals surface area contributed by atoms with E-state index in [2.05, 4.69) is 92.0 Å². The zero-order valence-electron chi connectivity index (χ0n) is 61.3. The summed E-state index contributed by atoms with van der Waals surface area (Å²) in [5.74, 6) is -0.428. The fourth-order valence-corrected chi connectivity index (χ4v) is 12.0. The molecule has 0 aliphatic carbocycles. The average Bonchev–Trinajstić information content (AvgIpc) is 1.37. The molecule has 17 nitrogen and oxygen atoms in total. The molecule has 568 valence electrons. The molecule has 19 heteroatoms. The van der Waals surface area contributed by atoms with Gasteiger partial charge in [0, 0.05) is 45.5 Å². The summed E-state index contributed by atoms with van der Waals surface area (Å²) in [5.41, 5.74) is 0. The Morgan fingerprint density at radius 3 is 0.959 bits per heavy atom. The first-order valence-corrected chi connectivity index (χ1v) is 41.7. The van der Waals surface area contributed by atoms with Crippen molar-refractivity contribution in [3.05, 3.63) is 85.1 Å². The fourth-order valence-electron chi connectivity index (χ4n) is 10.4. The summed E-state index contributed by atoms with van der Waals surface area (Å²) in [6, 6.07) is 0. The van der Waals surface area contributed by atoms with Crippen LogP contribution >= 0.6 is 15.6 Å². The summed E-state index contributed by atoms with van der Waals surface area (Å²) in [7, 11) is -9.55. The molecule has 0 rings (SSSR count). The molecule has 0 saturated carbocycles. The van der Waals surface area contributed by atoms with E-state index in [-0.39, 0.29) is 26.2 Å². The molecular weight excluding hydrogens is 1280 g/mol. The molecule has 98 heavy (non-hydrogen) atoms. The Balaban J connectivity index is 5.18. The average molecular weight is 1420 g/mol.